The second-order valence-corrected chi connectivity index (χ2v) is 5.50. The van der Waals surface area contributed by atoms with Crippen molar-refractivity contribution in [1.82, 2.24) is 0 Å². The van der Waals surface area contributed by atoms with Crippen LogP contribution in [0.4, 0.5) is 0 Å². The standard InChI is InChI=1S/C12H15BrN2O3S.ClH/c1-2-17-11(16)6-18-10-4-3-9(13)5-8(10)7-19-12(14)15;/h3-5H,2,6-7H2,1H3,(H3,14,15);1H. The van der Waals surface area contributed by atoms with Crippen molar-refractivity contribution in [1.29, 1.82) is 0 Å². The molecule has 1 aromatic carbocycles. The van der Waals surface area contributed by atoms with E-state index in [9.17, 15) is 4.79 Å². The first-order valence-corrected chi connectivity index (χ1v) is 7.38. The molecule has 0 saturated carbocycles. The van der Waals surface area contributed by atoms with Crippen LogP contribution in [-0.2, 0) is 15.3 Å². The van der Waals surface area contributed by atoms with Gasteiger partial charge in [-0.2, -0.15) is 0 Å². The van der Waals surface area contributed by atoms with Gasteiger partial charge in [0, 0.05) is 15.8 Å². The van der Waals surface area contributed by atoms with E-state index in [1.807, 2.05) is 12.1 Å². The summed E-state index contributed by atoms with van der Waals surface area (Å²) < 4.78 is 11.2. The van der Waals surface area contributed by atoms with Crippen LogP contribution < -0.4 is 28.3 Å². The van der Waals surface area contributed by atoms with Gasteiger partial charge in [-0.15, -0.1) is 0 Å². The number of halogens is 2. The fourth-order valence-corrected chi connectivity index (χ4v) is 2.26. The second-order valence-electron chi connectivity index (χ2n) is 3.54. The van der Waals surface area contributed by atoms with Crippen LogP contribution in [0.1, 0.15) is 12.5 Å². The van der Waals surface area contributed by atoms with Crippen LogP contribution >= 0.6 is 27.7 Å². The van der Waals surface area contributed by atoms with Crippen LogP contribution in [0.3, 0.4) is 0 Å². The van der Waals surface area contributed by atoms with Crippen molar-refractivity contribution in [3.05, 3.63) is 28.2 Å². The van der Waals surface area contributed by atoms with Gasteiger partial charge in [-0.05, 0) is 36.9 Å². The third kappa shape index (κ3) is 7.02. The van der Waals surface area contributed by atoms with Crippen LogP contribution in [0, 0.1) is 0 Å². The largest absolute Gasteiger partial charge is 1.00 e. The Morgan fingerprint density at radius 2 is 2.20 bits per heavy atom. The van der Waals surface area contributed by atoms with Crippen LogP contribution in [0.15, 0.2) is 22.7 Å². The molecule has 0 spiro atoms. The Kier molecular flexibility index (Phi) is 9.45. The molecule has 0 saturated heterocycles. The molecule has 0 fully saturated rings. The second kappa shape index (κ2) is 9.90. The number of carbonyl (C=O) groups is 1. The molecule has 0 unspecified atom stereocenters. The molecule has 1 rings (SSSR count). The van der Waals surface area contributed by atoms with Gasteiger partial charge in [-0.25, -0.2) is 4.79 Å². The Hall–Kier alpha value is -0.920. The molecule has 0 atom stereocenters. The summed E-state index contributed by atoms with van der Waals surface area (Å²) in [5.74, 6) is 0.791. The van der Waals surface area contributed by atoms with E-state index in [-0.39, 0.29) is 24.2 Å². The minimum absolute atomic E-state index is 0. The van der Waals surface area contributed by atoms with Crippen molar-refractivity contribution in [2.24, 2.45) is 5.73 Å². The molecule has 0 amide bonds. The smallest absolute Gasteiger partial charge is 0.344 e. The van der Waals surface area contributed by atoms with Crippen molar-refractivity contribution in [3.8, 4) is 5.75 Å². The monoisotopic (exact) mass is 382 g/mol. The number of ether oxygens (including phenoxy) is 2. The van der Waals surface area contributed by atoms with Crippen LogP contribution in [0.2, 0.25) is 0 Å². The number of benzene rings is 1. The average molecular weight is 384 g/mol. The van der Waals surface area contributed by atoms with Gasteiger partial charge in [0.25, 0.3) is 5.17 Å². The topological polar surface area (TPSA) is 87.1 Å². The van der Waals surface area contributed by atoms with Gasteiger partial charge in [0.15, 0.2) is 6.61 Å². The lowest BCUT2D eigenvalue weighted by Gasteiger charge is -2.10. The summed E-state index contributed by atoms with van der Waals surface area (Å²) in [5, 5.41) is 5.71. The highest BCUT2D eigenvalue weighted by molar-refractivity contribution is 9.10. The van der Waals surface area contributed by atoms with E-state index in [1.165, 1.54) is 11.8 Å². The zero-order valence-corrected chi connectivity index (χ0v) is 14.1. The number of hydrogen-bond donors (Lipinski definition) is 2. The number of hydrogen-bond acceptors (Lipinski definition) is 4. The van der Waals surface area contributed by atoms with Crippen LogP contribution in [-0.4, -0.2) is 24.4 Å². The lowest BCUT2D eigenvalue weighted by atomic mass is 10.2. The summed E-state index contributed by atoms with van der Waals surface area (Å²) >= 11 is 4.69. The number of nitrogens with two attached hydrogens (primary N) is 2. The lowest BCUT2D eigenvalue weighted by Crippen LogP contribution is -3.00. The summed E-state index contributed by atoms with van der Waals surface area (Å²) in [7, 11) is 0. The molecule has 4 N–H and O–H groups in total. The van der Waals surface area contributed by atoms with E-state index in [2.05, 4.69) is 15.9 Å². The molecule has 5 nitrogen and oxygen atoms in total. The summed E-state index contributed by atoms with van der Waals surface area (Å²) in [5.41, 5.74) is 6.32. The van der Waals surface area contributed by atoms with E-state index in [0.717, 1.165) is 10.0 Å². The predicted octanol–water partition coefficient (Wildman–Crippen LogP) is -2.30. The summed E-state index contributed by atoms with van der Waals surface area (Å²) in [6.07, 6.45) is 0. The van der Waals surface area contributed by atoms with E-state index in [0.29, 0.717) is 18.1 Å². The SMILES string of the molecule is CCOC(=O)COc1ccc(Br)cc1CSC(N)=[NH2+].[Cl-]. The highest BCUT2D eigenvalue weighted by Gasteiger charge is 2.10. The zero-order chi connectivity index (χ0) is 14.3. The van der Waals surface area contributed by atoms with Gasteiger partial charge in [0.1, 0.15) is 5.75 Å². The molecule has 8 heteroatoms. The Labute approximate surface area is 136 Å². The maximum atomic E-state index is 11.3. The first-order chi connectivity index (χ1) is 9.02. The van der Waals surface area contributed by atoms with Crippen molar-refractivity contribution < 1.29 is 32.1 Å². The molecule has 1 aromatic rings. The first kappa shape index (κ1) is 19.1. The molecule has 0 aliphatic heterocycles. The first-order valence-electron chi connectivity index (χ1n) is 5.60. The Morgan fingerprint density at radius 3 is 2.80 bits per heavy atom. The van der Waals surface area contributed by atoms with Crippen molar-refractivity contribution in [2.75, 3.05) is 13.2 Å². The molecule has 0 radical (unpaired) electrons. The Morgan fingerprint density at radius 1 is 1.50 bits per heavy atom. The molecule has 0 heterocycles. The Balaban J connectivity index is 0.00000361. The number of carbonyl (C=O) groups excluding carboxylic acids is 1. The fraction of sp³-hybridized carbons (Fsp3) is 0.333. The van der Waals surface area contributed by atoms with Crippen LogP contribution in [0.5, 0.6) is 5.75 Å². The summed E-state index contributed by atoms with van der Waals surface area (Å²) in [6, 6.07) is 5.52. The lowest BCUT2D eigenvalue weighted by molar-refractivity contribution is -0.145. The molecule has 20 heavy (non-hydrogen) atoms. The fourth-order valence-electron chi connectivity index (χ4n) is 1.30. The molecule has 0 aliphatic rings. The number of rotatable bonds is 6. The Bertz CT molecular complexity index is 474. The predicted molar refractivity (Wildman–Crippen MR) is 78.7 cm³/mol. The van der Waals surface area contributed by atoms with E-state index in [4.69, 9.17) is 20.6 Å². The third-order valence-corrected chi connectivity index (χ3v) is 3.35. The van der Waals surface area contributed by atoms with Crippen molar-refractivity contribution >= 4 is 38.8 Å². The normalized spacial score (nSPS) is 9.50. The molecule has 112 valence electrons. The van der Waals surface area contributed by atoms with E-state index >= 15 is 0 Å². The third-order valence-electron chi connectivity index (χ3n) is 2.07. The quantitative estimate of drug-likeness (QED) is 0.328. The molecular formula is C12H16BrClN2O3S. The molecule has 0 aromatic heterocycles. The van der Waals surface area contributed by atoms with Crippen LogP contribution in [0.25, 0.3) is 0 Å². The van der Waals surface area contributed by atoms with E-state index < -0.39 is 5.97 Å². The number of thioether (sulfide) groups is 1. The molecule has 0 aliphatic carbocycles. The number of amidine groups is 1. The maximum Gasteiger partial charge on any atom is 0.344 e. The van der Waals surface area contributed by atoms with Crippen molar-refractivity contribution in [2.45, 2.75) is 12.7 Å². The minimum Gasteiger partial charge on any atom is -1.00 e. The summed E-state index contributed by atoms with van der Waals surface area (Å²) in [4.78, 5) is 11.3. The zero-order valence-electron chi connectivity index (χ0n) is 10.9. The highest BCUT2D eigenvalue weighted by Crippen LogP contribution is 2.26. The average Bonchev–Trinajstić information content (AvgIpc) is 2.35. The van der Waals surface area contributed by atoms with Gasteiger partial charge in [0.05, 0.1) is 6.61 Å². The van der Waals surface area contributed by atoms with E-state index in [1.54, 1.807) is 13.0 Å². The maximum absolute atomic E-state index is 11.3. The van der Waals surface area contributed by atoms with Gasteiger partial charge in [-0.3, -0.25) is 11.1 Å². The van der Waals surface area contributed by atoms with Gasteiger partial charge in [-0.1, -0.05) is 15.9 Å². The highest BCUT2D eigenvalue weighted by atomic mass is 79.9. The minimum atomic E-state index is -0.395. The molecular weight excluding hydrogens is 368 g/mol. The van der Waals surface area contributed by atoms with Gasteiger partial charge >= 0.3 is 5.97 Å². The number of esters is 1. The summed E-state index contributed by atoms with van der Waals surface area (Å²) in [6.45, 7) is 1.97. The van der Waals surface area contributed by atoms with Gasteiger partial charge < -0.3 is 21.9 Å². The van der Waals surface area contributed by atoms with Crippen molar-refractivity contribution in [3.63, 3.8) is 0 Å². The van der Waals surface area contributed by atoms with Gasteiger partial charge in [0.2, 0.25) is 0 Å². The molecule has 0 bridgehead atoms.